The Labute approximate surface area is 249 Å². The van der Waals surface area contributed by atoms with E-state index in [9.17, 15) is 0 Å². The number of hydrogen-bond acceptors (Lipinski definition) is 1. The van der Waals surface area contributed by atoms with Crippen LogP contribution in [0.5, 0.6) is 0 Å². The maximum atomic E-state index is 3.75. The van der Waals surface area contributed by atoms with Gasteiger partial charge in [-0.05, 0) is 99.8 Å². The van der Waals surface area contributed by atoms with E-state index in [0.29, 0.717) is 0 Å². The van der Waals surface area contributed by atoms with Crippen LogP contribution in [0.15, 0.2) is 127 Å². The van der Waals surface area contributed by atoms with Gasteiger partial charge < -0.3 is 4.98 Å². The number of aromatic amines is 1. The van der Waals surface area contributed by atoms with Crippen molar-refractivity contribution < 1.29 is 0 Å². The van der Waals surface area contributed by atoms with E-state index in [4.69, 9.17) is 0 Å². The molecule has 0 aliphatic heterocycles. The third-order valence-corrected chi connectivity index (χ3v) is 9.72. The number of allylic oxidation sites excluding steroid dienone is 1. The summed E-state index contributed by atoms with van der Waals surface area (Å²) in [7, 11) is 0. The average Bonchev–Trinajstić information content (AvgIpc) is 3.56. The quantitative estimate of drug-likeness (QED) is 0.222. The number of benzene rings is 6. The minimum atomic E-state index is 1.18. The Bertz CT molecular complexity index is 2330. The van der Waals surface area contributed by atoms with Gasteiger partial charge in [0.05, 0.1) is 5.52 Å². The number of aryl methyl sites for hydroxylation is 1. The number of nitrogens with one attached hydrogen (secondary N) is 1. The average molecular weight is 556 g/mol. The first-order chi connectivity index (χ1) is 20.7. The molecule has 0 atom stereocenters. The van der Waals surface area contributed by atoms with Crippen LogP contribution in [-0.2, 0) is 0 Å². The second-order valence-corrected chi connectivity index (χ2v) is 12.1. The second-order valence-electron chi connectivity index (χ2n) is 11.1. The molecular weight excluding hydrogens is 527 g/mol. The van der Waals surface area contributed by atoms with Crippen molar-refractivity contribution in [3.8, 4) is 33.4 Å². The summed E-state index contributed by atoms with van der Waals surface area (Å²) in [6.07, 6.45) is 4.34. The van der Waals surface area contributed by atoms with E-state index in [0.717, 1.165) is 0 Å². The molecule has 0 saturated carbocycles. The lowest BCUT2D eigenvalue weighted by Gasteiger charge is -2.10. The van der Waals surface area contributed by atoms with Crippen LogP contribution >= 0.6 is 11.3 Å². The number of para-hydroxylation sites is 1. The topological polar surface area (TPSA) is 15.8 Å². The number of hydrogen-bond donors (Lipinski definition) is 1. The molecule has 2 aromatic heterocycles. The first-order valence-corrected chi connectivity index (χ1v) is 15.3. The number of rotatable bonds is 4. The zero-order valence-electron chi connectivity index (χ0n) is 23.6. The molecule has 0 radical (unpaired) electrons. The molecule has 1 N–H and O–H groups in total. The van der Waals surface area contributed by atoms with Gasteiger partial charge in [-0.2, -0.15) is 0 Å². The highest BCUT2D eigenvalue weighted by Crippen LogP contribution is 2.38. The SMILES string of the molecule is C/C=C\c1sc2cc(-c3cccc(-c4cccc(-c5cccc6c5[nH]c5cc7ccccc7cc56)c4)c3)ccc2c1C. The molecule has 8 rings (SSSR count). The third kappa shape index (κ3) is 4.07. The minimum Gasteiger partial charge on any atom is -0.354 e. The Morgan fingerprint density at radius 2 is 1.24 bits per heavy atom. The molecule has 0 aliphatic rings. The molecule has 2 heterocycles. The van der Waals surface area contributed by atoms with Crippen molar-refractivity contribution in [1.82, 2.24) is 4.98 Å². The molecule has 0 fully saturated rings. The zero-order valence-corrected chi connectivity index (χ0v) is 24.4. The van der Waals surface area contributed by atoms with E-state index in [1.165, 1.54) is 86.5 Å². The standard InChI is InChI=1S/C40H29NS/c1-3-9-38-25(2)33-19-18-31(24-39(33)42-38)27-13-6-12-26(20-27)28-14-7-15-32(21-28)34-16-8-17-35-36-22-29-10-4-5-11-30(29)23-37(36)41-40(34)35/h3-24,41H,1-2H3/b9-3-. The monoisotopic (exact) mass is 555 g/mol. The van der Waals surface area contributed by atoms with Gasteiger partial charge in [0.2, 0.25) is 0 Å². The number of fused-ring (bicyclic) bond motifs is 5. The highest BCUT2D eigenvalue weighted by Gasteiger charge is 2.12. The largest absolute Gasteiger partial charge is 0.354 e. The van der Waals surface area contributed by atoms with Crippen molar-refractivity contribution in [1.29, 1.82) is 0 Å². The Kier molecular flexibility index (Phi) is 5.84. The summed E-state index contributed by atoms with van der Waals surface area (Å²) in [6.45, 7) is 4.30. The Morgan fingerprint density at radius 1 is 0.571 bits per heavy atom. The molecule has 0 spiro atoms. The van der Waals surface area contributed by atoms with Crippen molar-refractivity contribution in [3.05, 3.63) is 138 Å². The summed E-state index contributed by atoms with van der Waals surface area (Å²) < 4.78 is 1.34. The maximum Gasteiger partial charge on any atom is 0.0544 e. The normalized spacial score (nSPS) is 12.0. The summed E-state index contributed by atoms with van der Waals surface area (Å²) in [5.74, 6) is 0. The molecule has 8 aromatic rings. The molecular formula is C40H29NS. The Morgan fingerprint density at radius 3 is 2.00 bits per heavy atom. The van der Waals surface area contributed by atoms with Crippen molar-refractivity contribution in [2.75, 3.05) is 0 Å². The first-order valence-electron chi connectivity index (χ1n) is 14.5. The smallest absolute Gasteiger partial charge is 0.0544 e. The van der Waals surface area contributed by atoms with Crippen LogP contribution < -0.4 is 0 Å². The highest BCUT2D eigenvalue weighted by atomic mass is 32.1. The fourth-order valence-electron chi connectivity index (χ4n) is 6.33. The summed E-state index contributed by atoms with van der Waals surface area (Å²) in [4.78, 5) is 5.09. The summed E-state index contributed by atoms with van der Waals surface area (Å²) >= 11 is 1.87. The van der Waals surface area contributed by atoms with Crippen LogP contribution in [0.1, 0.15) is 17.4 Å². The molecule has 2 heteroatoms. The van der Waals surface area contributed by atoms with Crippen LogP contribution in [0, 0.1) is 6.92 Å². The van der Waals surface area contributed by atoms with Gasteiger partial charge in [0.25, 0.3) is 0 Å². The van der Waals surface area contributed by atoms with Gasteiger partial charge in [-0.15, -0.1) is 11.3 Å². The van der Waals surface area contributed by atoms with Gasteiger partial charge in [0.15, 0.2) is 0 Å². The summed E-state index contributed by atoms with van der Waals surface area (Å²) in [5.41, 5.74) is 11.1. The number of thiophene rings is 1. The lowest BCUT2D eigenvalue weighted by molar-refractivity contribution is 1.53. The summed E-state index contributed by atoms with van der Waals surface area (Å²) in [5, 5.41) is 6.40. The fraction of sp³-hybridized carbons (Fsp3) is 0.0500. The first kappa shape index (κ1) is 24.8. The molecule has 0 saturated heterocycles. The van der Waals surface area contributed by atoms with Crippen LogP contribution in [0.3, 0.4) is 0 Å². The molecule has 1 nitrogen and oxygen atoms in total. The van der Waals surface area contributed by atoms with Gasteiger partial charge in [0, 0.05) is 31.4 Å². The molecule has 0 amide bonds. The minimum absolute atomic E-state index is 1.18. The second kappa shape index (κ2) is 9.87. The van der Waals surface area contributed by atoms with E-state index >= 15 is 0 Å². The Hall–Kier alpha value is -4.92. The predicted octanol–water partition coefficient (Wildman–Crippen LogP) is 12.0. The number of aromatic nitrogens is 1. The highest BCUT2D eigenvalue weighted by molar-refractivity contribution is 7.20. The third-order valence-electron chi connectivity index (χ3n) is 8.50. The van der Waals surface area contributed by atoms with Crippen LogP contribution in [0.4, 0.5) is 0 Å². The van der Waals surface area contributed by atoms with E-state index in [1.807, 2.05) is 11.3 Å². The van der Waals surface area contributed by atoms with Crippen LogP contribution in [-0.4, -0.2) is 4.98 Å². The lowest BCUT2D eigenvalue weighted by Crippen LogP contribution is -1.85. The Balaban J connectivity index is 1.20. The summed E-state index contributed by atoms with van der Waals surface area (Å²) in [6, 6.07) is 44.6. The van der Waals surface area contributed by atoms with E-state index in [-0.39, 0.29) is 0 Å². The van der Waals surface area contributed by atoms with Gasteiger partial charge in [-0.3, -0.25) is 0 Å². The molecule has 0 unspecified atom stereocenters. The van der Waals surface area contributed by atoms with Crippen molar-refractivity contribution in [2.24, 2.45) is 0 Å². The van der Waals surface area contributed by atoms with Gasteiger partial charge in [-0.1, -0.05) is 97.1 Å². The van der Waals surface area contributed by atoms with Gasteiger partial charge in [0.1, 0.15) is 0 Å². The number of H-pyrrole nitrogens is 1. The van der Waals surface area contributed by atoms with Gasteiger partial charge in [-0.25, -0.2) is 0 Å². The molecule has 0 bridgehead atoms. The van der Waals surface area contributed by atoms with E-state index < -0.39 is 0 Å². The molecule has 200 valence electrons. The van der Waals surface area contributed by atoms with Crippen molar-refractivity contribution in [2.45, 2.75) is 13.8 Å². The molecule has 0 aliphatic carbocycles. The molecule has 6 aromatic carbocycles. The predicted molar refractivity (Wildman–Crippen MR) is 184 cm³/mol. The lowest BCUT2D eigenvalue weighted by atomic mass is 9.95. The maximum absolute atomic E-state index is 3.75. The van der Waals surface area contributed by atoms with Crippen molar-refractivity contribution >= 4 is 60.1 Å². The fourth-order valence-corrected chi connectivity index (χ4v) is 7.55. The van der Waals surface area contributed by atoms with Gasteiger partial charge >= 0.3 is 0 Å². The van der Waals surface area contributed by atoms with Crippen molar-refractivity contribution in [3.63, 3.8) is 0 Å². The molecule has 42 heavy (non-hydrogen) atoms. The zero-order chi connectivity index (χ0) is 28.2. The van der Waals surface area contributed by atoms with E-state index in [1.54, 1.807) is 0 Å². The van der Waals surface area contributed by atoms with Crippen LogP contribution in [0.25, 0.3) is 82.1 Å². The van der Waals surface area contributed by atoms with Crippen LogP contribution in [0.2, 0.25) is 0 Å². The van der Waals surface area contributed by atoms with E-state index in [2.05, 4.69) is 152 Å².